The third kappa shape index (κ3) is 2.24. The van der Waals surface area contributed by atoms with E-state index in [1.165, 1.54) is 0 Å². The molecule has 2 N–H and O–H groups in total. The first kappa shape index (κ1) is 12.2. The zero-order valence-electron chi connectivity index (χ0n) is 10.6. The second-order valence-electron chi connectivity index (χ2n) is 4.80. The number of nitrogens with zero attached hydrogens (tertiary/aromatic N) is 1. The van der Waals surface area contributed by atoms with E-state index in [2.05, 4.69) is 15.5 Å². The van der Waals surface area contributed by atoms with Crippen molar-refractivity contribution >= 4 is 23.2 Å². The zero-order valence-corrected chi connectivity index (χ0v) is 11.3. The highest BCUT2D eigenvalue weighted by molar-refractivity contribution is 6.30. The van der Waals surface area contributed by atoms with Gasteiger partial charge in [0.1, 0.15) is 0 Å². The molecule has 0 bridgehead atoms. The number of anilines is 1. The van der Waals surface area contributed by atoms with Gasteiger partial charge in [0.2, 0.25) is 0 Å². The number of carbonyl (C=O) groups is 1. The molecule has 1 aliphatic rings. The summed E-state index contributed by atoms with van der Waals surface area (Å²) in [7, 11) is 0. The Balaban J connectivity index is 1.85. The highest BCUT2D eigenvalue weighted by Crippen LogP contribution is 2.24. The Morgan fingerprint density at radius 1 is 1.42 bits per heavy atom. The predicted octanol–water partition coefficient (Wildman–Crippen LogP) is 3.11. The topological polar surface area (TPSA) is 57.8 Å². The standard InChI is InChI=1S/C14H14ClN3O/c1-8-7-9(15)5-6-11(8)16-14(19)13-10-3-2-4-12(10)17-18-13/h5-7H,2-4H2,1H3,(H,16,19)(H,17,18). The summed E-state index contributed by atoms with van der Waals surface area (Å²) >= 11 is 5.90. The molecule has 1 heterocycles. The highest BCUT2D eigenvalue weighted by atomic mass is 35.5. The van der Waals surface area contributed by atoms with Crippen molar-refractivity contribution in [1.82, 2.24) is 10.2 Å². The molecule has 0 atom stereocenters. The molecule has 0 fully saturated rings. The fourth-order valence-electron chi connectivity index (χ4n) is 2.46. The molecule has 4 nitrogen and oxygen atoms in total. The van der Waals surface area contributed by atoms with E-state index in [4.69, 9.17) is 11.6 Å². The number of amides is 1. The van der Waals surface area contributed by atoms with E-state index in [0.717, 1.165) is 41.8 Å². The second-order valence-corrected chi connectivity index (χ2v) is 5.23. The summed E-state index contributed by atoms with van der Waals surface area (Å²) in [6.45, 7) is 1.91. The Kier molecular flexibility index (Phi) is 3.03. The molecule has 5 heteroatoms. The summed E-state index contributed by atoms with van der Waals surface area (Å²) in [5.74, 6) is -0.162. The number of nitrogens with one attached hydrogen (secondary N) is 2. The van der Waals surface area contributed by atoms with Crippen molar-refractivity contribution in [2.75, 3.05) is 5.32 Å². The molecule has 0 saturated heterocycles. The Bertz CT molecular complexity index is 648. The van der Waals surface area contributed by atoms with Gasteiger partial charge in [0.05, 0.1) is 0 Å². The first-order valence-electron chi connectivity index (χ1n) is 6.29. The van der Waals surface area contributed by atoms with E-state index in [0.29, 0.717) is 10.7 Å². The number of H-pyrrole nitrogens is 1. The summed E-state index contributed by atoms with van der Waals surface area (Å²) in [5, 5.41) is 10.6. The molecule has 0 saturated carbocycles. The van der Waals surface area contributed by atoms with Gasteiger partial charge in [-0.1, -0.05) is 11.6 Å². The van der Waals surface area contributed by atoms with E-state index in [9.17, 15) is 4.79 Å². The maximum atomic E-state index is 12.2. The number of carbonyl (C=O) groups excluding carboxylic acids is 1. The van der Waals surface area contributed by atoms with Crippen LogP contribution in [0.4, 0.5) is 5.69 Å². The lowest BCUT2D eigenvalue weighted by Crippen LogP contribution is -2.15. The molecule has 1 amide bonds. The number of fused-ring (bicyclic) bond motifs is 1. The van der Waals surface area contributed by atoms with Crippen LogP contribution in [0.1, 0.15) is 33.7 Å². The molecule has 0 spiro atoms. The van der Waals surface area contributed by atoms with Gasteiger partial charge in [-0.25, -0.2) is 0 Å². The number of benzene rings is 1. The third-order valence-electron chi connectivity index (χ3n) is 3.46. The van der Waals surface area contributed by atoms with E-state index in [1.54, 1.807) is 6.07 Å². The molecule has 2 aromatic rings. The predicted molar refractivity (Wildman–Crippen MR) is 74.8 cm³/mol. The fraction of sp³-hybridized carbons (Fsp3) is 0.286. The average Bonchev–Trinajstić information content (AvgIpc) is 2.94. The second kappa shape index (κ2) is 4.70. The number of aromatic amines is 1. The SMILES string of the molecule is Cc1cc(Cl)ccc1NC(=O)c1n[nH]c2c1CCC2. The minimum atomic E-state index is -0.162. The summed E-state index contributed by atoms with van der Waals surface area (Å²) < 4.78 is 0. The van der Waals surface area contributed by atoms with Crippen LogP contribution >= 0.6 is 11.6 Å². The number of halogens is 1. The van der Waals surface area contributed by atoms with Gasteiger partial charge in [-0.05, 0) is 49.9 Å². The molecule has 1 aromatic heterocycles. The summed E-state index contributed by atoms with van der Waals surface area (Å²) in [5.41, 5.74) is 4.38. The minimum absolute atomic E-state index is 0.162. The normalized spacial score (nSPS) is 13.4. The number of aromatic nitrogens is 2. The van der Waals surface area contributed by atoms with Gasteiger partial charge in [-0.3, -0.25) is 9.89 Å². The van der Waals surface area contributed by atoms with Gasteiger partial charge >= 0.3 is 0 Å². The molecule has 19 heavy (non-hydrogen) atoms. The van der Waals surface area contributed by atoms with E-state index >= 15 is 0 Å². The van der Waals surface area contributed by atoms with E-state index in [-0.39, 0.29) is 5.91 Å². The maximum absolute atomic E-state index is 12.2. The van der Waals surface area contributed by atoms with Crippen LogP contribution in [0.15, 0.2) is 18.2 Å². The van der Waals surface area contributed by atoms with Crippen LogP contribution < -0.4 is 5.32 Å². The smallest absolute Gasteiger partial charge is 0.276 e. The van der Waals surface area contributed by atoms with Gasteiger partial charge < -0.3 is 5.32 Å². The van der Waals surface area contributed by atoms with Crippen LogP contribution in [0.5, 0.6) is 0 Å². The van der Waals surface area contributed by atoms with E-state index in [1.807, 2.05) is 19.1 Å². The lowest BCUT2D eigenvalue weighted by atomic mass is 10.1. The Morgan fingerprint density at radius 3 is 3.05 bits per heavy atom. The van der Waals surface area contributed by atoms with Crippen molar-refractivity contribution in [2.45, 2.75) is 26.2 Å². The molecule has 0 radical (unpaired) electrons. The van der Waals surface area contributed by atoms with Crippen molar-refractivity contribution in [3.05, 3.63) is 45.7 Å². The summed E-state index contributed by atoms with van der Waals surface area (Å²) in [6, 6.07) is 5.40. The molecule has 1 aliphatic carbocycles. The molecule has 98 valence electrons. The first-order valence-corrected chi connectivity index (χ1v) is 6.66. The number of hydrogen-bond acceptors (Lipinski definition) is 2. The molecule has 1 aromatic carbocycles. The number of hydrogen-bond donors (Lipinski definition) is 2. The molecular formula is C14H14ClN3O. The molecule has 0 unspecified atom stereocenters. The first-order chi connectivity index (χ1) is 9.15. The number of aryl methyl sites for hydroxylation is 2. The molecule has 3 rings (SSSR count). The maximum Gasteiger partial charge on any atom is 0.276 e. The molecular weight excluding hydrogens is 262 g/mol. The van der Waals surface area contributed by atoms with Crippen LogP contribution in [0.2, 0.25) is 5.02 Å². The van der Waals surface area contributed by atoms with Crippen molar-refractivity contribution < 1.29 is 4.79 Å². The van der Waals surface area contributed by atoms with Crippen LogP contribution in [0.25, 0.3) is 0 Å². The van der Waals surface area contributed by atoms with Crippen molar-refractivity contribution in [2.24, 2.45) is 0 Å². The van der Waals surface area contributed by atoms with Gasteiger partial charge in [0.15, 0.2) is 5.69 Å². The van der Waals surface area contributed by atoms with Crippen LogP contribution in [0, 0.1) is 6.92 Å². The van der Waals surface area contributed by atoms with Crippen LogP contribution in [-0.2, 0) is 12.8 Å². The number of rotatable bonds is 2. The van der Waals surface area contributed by atoms with Gasteiger partial charge in [-0.2, -0.15) is 5.10 Å². The van der Waals surface area contributed by atoms with Crippen molar-refractivity contribution in [3.8, 4) is 0 Å². The lowest BCUT2D eigenvalue weighted by molar-refractivity contribution is 0.102. The van der Waals surface area contributed by atoms with Crippen molar-refractivity contribution in [1.29, 1.82) is 0 Å². The van der Waals surface area contributed by atoms with Crippen LogP contribution in [-0.4, -0.2) is 16.1 Å². The fourth-order valence-corrected chi connectivity index (χ4v) is 2.68. The third-order valence-corrected chi connectivity index (χ3v) is 3.69. The highest BCUT2D eigenvalue weighted by Gasteiger charge is 2.23. The average molecular weight is 276 g/mol. The van der Waals surface area contributed by atoms with E-state index < -0.39 is 0 Å². The van der Waals surface area contributed by atoms with Gasteiger partial charge in [0, 0.05) is 22.0 Å². The van der Waals surface area contributed by atoms with Crippen molar-refractivity contribution in [3.63, 3.8) is 0 Å². The van der Waals surface area contributed by atoms with Crippen LogP contribution in [0.3, 0.4) is 0 Å². The Hall–Kier alpha value is -1.81. The Morgan fingerprint density at radius 2 is 2.26 bits per heavy atom. The molecule has 0 aliphatic heterocycles. The largest absolute Gasteiger partial charge is 0.320 e. The minimum Gasteiger partial charge on any atom is -0.320 e. The summed E-state index contributed by atoms with van der Waals surface area (Å²) in [4.78, 5) is 12.2. The Labute approximate surface area is 116 Å². The van der Waals surface area contributed by atoms with Gasteiger partial charge in [-0.15, -0.1) is 0 Å². The quantitative estimate of drug-likeness (QED) is 0.885. The zero-order chi connectivity index (χ0) is 13.4. The van der Waals surface area contributed by atoms with Gasteiger partial charge in [0.25, 0.3) is 5.91 Å². The lowest BCUT2D eigenvalue weighted by Gasteiger charge is -2.08. The monoisotopic (exact) mass is 275 g/mol. The summed E-state index contributed by atoms with van der Waals surface area (Å²) in [6.07, 6.45) is 2.99.